The third-order valence-corrected chi connectivity index (χ3v) is 5.54. The summed E-state index contributed by atoms with van der Waals surface area (Å²) in [7, 11) is 0. The fraction of sp³-hybridized carbons (Fsp3) is 0. The number of aromatic nitrogens is 3. The van der Waals surface area contributed by atoms with Crippen molar-refractivity contribution in [2.24, 2.45) is 0 Å². The summed E-state index contributed by atoms with van der Waals surface area (Å²) in [6.45, 7) is 7.24. The summed E-state index contributed by atoms with van der Waals surface area (Å²) < 4.78 is 6.07. The second-order valence-corrected chi connectivity index (χ2v) is 7.64. The summed E-state index contributed by atoms with van der Waals surface area (Å²) in [4.78, 5) is 17.8. The summed E-state index contributed by atoms with van der Waals surface area (Å²) in [5.41, 5.74) is 4.67. The maximum atomic E-state index is 7.24. The van der Waals surface area contributed by atoms with Crippen molar-refractivity contribution in [2.75, 3.05) is 0 Å². The van der Waals surface area contributed by atoms with Gasteiger partial charge in [-0.25, -0.2) is 19.8 Å². The van der Waals surface area contributed by atoms with Crippen LogP contribution >= 0.6 is 0 Å². The molecule has 0 unspecified atom stereocenters. The predicted molar refractivity (Wildman–Crippen MR) is 130 cm³/mol. The minimum Gasteiger partial charge on any atom is -0.457 e. The average Bonchev–Trinajstić information content (AvgIpc) is 3.26. The van der Waals surface area contributed by atoms with E-state index in [2.05, 4.69) is 4.85 Å². The second kappa shape index (κ2) is 7.70. The molecule has 5 nitrogen and oxygen atoms in total. The highest BCUT2D eigenvalue weighted by Gasteiger charge is 2.14. The molecule has 0 radical (unpaired) electrons. The minimum absolute atomic E-state index is 0.555. The normalized spacial score (nSPS) is 11.0. The Bertz CT molecular complexity index is 1610. The van der Waals surface area contributed by atoms with Crippen LogP contribution in [0.1, 0.15) is 0 Å². The highest BCUT2D eigenvalue weighted by molar-refractivity contribution is 6.06. The Morgan fingerprint density at radius 1 is 0.545 bits per heavy atom. The van der Waals surface area contributed by atoms with E-state index in [1.807, 2.05) is 91.0 Å². The number of benzene rings is 4. The van der Waals surface area contributed by atoms with Gasteiger partial charge in [-0.1, -0.05) is 78.9 Å². The quantitative estimate of drug-likeness (QED) is 0.279. The topological polar surface area (TPSA) is 56.2 Å². The lowest BCUT2D eigenvalue weighted by molar-refractivity contribution is 0.669. The Labute approximate surface area is 189 Å². The van der Waals surface area contributed by atoms with Crippen LogP contribution in [0.15, 0.2) is 101 Å². The molecule has 0 aliphatic carbocycles. The fourth-order valence-electron chi connectivity index (χ4n) is 3.91. The largest absolute Gasteiger partial charge is 0.457 e. The summed E-state index contributed by atoms with van der Waals surface area (Å²) in [5, 5.41) is 1.97. The van der Waals surface area contributed by atoms with Crippen molar-refractivity contribution in [2.45, 2.75) is 0 Å². The molecule has 6 rings (SSSR count). The number of nitrogens with zero attached hydrogens (tertiary/aromatic N) is 4. The summed E-state index contributed by atoms with van der Waals surface area (Å²) >= 11 is 0. The van der Waals surface area contributed by atoms with Gasteiger partial charge in [-0.05, 0) is 18.2 Å². The fourth-order valence-corrected chi connectivity index (χ4v) is 3.91. The molecule has 0 saturated carbocycles. The molecule has 33 heavy (non-hydrogen) atoms. The van der Waals surface area contributed by atoms with Gasteiger partial charge in [0.2, 0.25) is 0 Å². The molecular weight excluding hydrogens is 408 g/mol. The first-order chi connectivity index (χ1) is 16.3. The van der Waals surface area contributed by atoms with Crippen molar-refractivity contribution >= 4 is 27.6 Å². The van der Waals surface area contributed by atoms with Gasteiger partial charge < -0.3 is 4.42 Å². The van der Waals surface area contributed by atoms with Crippen LogP contribution in [0.3, 0.4) is 0 Å². The molecule has 6 aromatic rings. The van der Waals surface area contributed by atoms with E-state index in [1.54, 1.807) is 6.07 Å². The van der Waals surface area contributed by atoms with Crippen molar-refractivity contribution in [1.82, 2.24) is 15.0 Å². The molecule has 0 amide bonds. The smallest absolute Gasteiger partial charge is 0.190 e. The van der Waals surface area contributed by atoms with E-state index in [9.17, 15) is 0 Å². The molecule has 0 fully saturated rings. The molecule has 2 heterocycles. The molecule has 0 spiro atoms. The maximum absolute atomic E-state index is 7.24. The summed E-state index contributed by atoms with van der Waals surface area (Å²) in [5.74, 6) is 1.81. The molecule has 4 aromatic carbocycles. The van der Waals surface area contributed by atoms with E-state index < -0.39 is 0 Å². The third kappa shape index (κ3) is 3.40. The molecule has 5 heteroatoms. The third-order valence-electron chi connectivity index (χ3n) is 5.54. The molecule has 0 saturated heterocycles. The molecule has 0 N–H and O–H groups in total. The number of fused-ring (bicyclic) bond motifs is 3. The second-order valence-electron chi connectivity index (χ2n) is 7.64. The molecular formula is C28H16N4O. The van der Waals surface area contributed by atoms with E-state index in [0.29, 0.717) is 28.7 Å². The highest BCUT2D eigenvalue weighted by atomic mass is 16.3. The molecule has 0 bridgehead atoms. The van der Waals surface area contributed by atoms with E-state index in [-0.39, 0.29) is 0 Å². The van der Waals surface area contributed by atoms with Crippen molar-refractivity contribution < 1.29 is 4.42 Å². The monoisotopic (exact) mass is 424 g/mol. The van der Waals surface area contributed by atoms with Crippen molar-refractivity contribution in [3.05, 3.63) is 108 Å². The Morgan fingerprint density at radius 2 is 1.06 bits per heavy atom. The number of rotatable bonds is 3. The van der Waals surface area contributed by atoms with Crippen LogP contribution in [-0.4, -0.2) is 15.0 Å². The van der Waals surface area contributed by atoms with Crippen LogP contribution in [0.2, 0.25) is 0 Å². The predicted octanol–water partition coefficient (Wildman–Crippen LogP) is 7.32. The van der Waals surface area contributed by atoms with Crippen LogP contribution < -0.4 is 0 Å². The molecule has 154 valence electrons. The zero-order valence-corrected chi connectivity index (χ0v) is 17.4. The minimum atomic E-state index is 0.555. The van der Waals surface area contributed by atoms with E-state index >= 15 is 0 Å². The summed E-state index contributed by atoms with van der Waals surface area (Å²) in [6, 6.07) is 31.3. The van der Waals surface area contributed by atoms with Crippen LogP contribution in [0, 0.1) is 6.57 Å². The summed E-state index contributed by atoms with van der Waals surface area (Å²) in [6.07, 6.45) is 0. The van der Waals surface area contributed by atoms with Gasteiger partial charge in [-0.2, -0.15) is 0 Å². The maximum Gasteiger partial charge on any atom is 0.190 e. The van der Waals surface area contributed by atoms with Crippen LogP contribution in [0.4, 0.5) is 5.69 Å². The van der Waals surface area contributed by atoms with Crippen molar-refractivity contribution in [1.29, 1.82) is 0 Å². The molecule has 0 aliphatic heterocycles. The van der Waals surface area contributed by atoms with Crippen molar-refractivity contribution in [3.8, 4) is 34.2 Å². The van der Waals surface area contributed by atoms with Gasteiger partial charge in [0.25, 0.3) is 0 Å². The highest BCUT2D eigenvalue weighted by Crippen LogP contribution is 2.34. The zero-order valence-electron chi connectivity index (χ0n) is 17.4. The molecule has 0 atom stereocenters. The van der Waals surface area contributed by atoms with Crippen molar-refractivity contribution in [3.63, 3.8) is 0 Å². The number of hydrogen-bond acceptors (Lipinski definition) is 4. The first-order valence-corrected chi connectivity index (χ1v) is 10.5. The molecule has 0 aliphatic rings. The van der Waals surface area contributed by atoms with E-state index in [4.69, 9.17) is 25.9 Å². The Hall–Kier alpha value is -4.82. The number of furan rings is 1. The zero-order chi connectivity index (χ0) is 22.2. The van der Waals surface area contributed by atoms with Crippen LogP contribution in [0.25, 0.3) is 60.9 Å². The van der Waals surface area contributed by atoms with E-state index in [0.717, 1.165) is 33.0 Å². The average molecular weight is 424 g/mol. The van der Waals surface area contributed by atoms with Gasteiger partial charge in [0.15, 0.2) is 23.2 Å². The van der Waals surface area contributed by atoms with Gasteiger partial charge in [-0.15, -0.1) is 0 Å². The first-order valence-electron chi connectivity index (χ1n) is 10.5. The van der Waals surface area contributed by atoms with E-state index in [1.165, 1.54) is 0 Å². The Balaban J connectivity index is 1.54. The van der Waals surface area contributed by atoms with Gasteiger partial charge in [0.1, 0.15) is 11.2 Å². The molecule has 2 aromatic heterocycles. The SMILES string of the molecule is [C-]#[N+]c1ccc2c(c1)oc1cc(-c3nc(-c4ccccc4)nc(-c4ccccc4)n3)ccc12. The van der Waals surface area contributed by atoms with Crippen LogP contribution in [-0.2, 0) is 0 Å². The van der Waals surface area contributed by atoms with Gasteiger partial charge in [0.05, 0.1) is 6.57 Å². The van der Waals surface area contributed by atoms with Gasteiger partial charge >= 0.3 is 0 Å². The van der Waals surface area contributed by atoms with Gasteiger partial charge in [0, 0.05) is 27.5 Å². The Kier molecular flexibility index (Phi) is 4.41. The number of hydrogen-bond donors (Lipinski definition) is 0. The lowest BCUT2D eigenvalue weighted by Gasteiger charge is -2.08. The van der Waals surface area contributed by atoms with Crippen LogP contribution in [0.5, 0.6) is 0 Å². The van der Waals surface area contributed by atoms with Gasteiger partial charge in [-0.3, -0.25) is 0 Å². The first kappa shape index (κ1) is 18.9. The Morgan fingerprint density at radius 3 is 1.64 bits per heavy atom. The lowest BCUT2D eigenvalue weighted by atomic mass is 10.1. The lowest BCUT2D eigenvalue weighted by Crippen LogP contribution is -2.00. The standard InChI is InChI=1S/C28H16N4O/c1-29-21-13-15-23-22-14-12-20(16-24(22)33-25(23)17-21)28-31-26(18-8-4-2-5-9-18)30-27(32-28)19-10-6-3-7-11-19/h2-17H.